The highest BCUT2D eigenvalue weighted by Gasteiger charge is 2.26. The minimum absolute atomic E-state index is 0.329. The molecule has 0 unspecified atom stereocenters. The molecule has 0 aromatic heterocycles. The molecule has 5 heteroatoms. The Morgan fingerprint density at radius 3 is 2.62 bits per heavy atom. The van der Waals surface area contributed by atoms with E-state index >= 15 is 0 Å². The summed E-state index contributed by atoms with van der Waals surface area (Å²) in [5.41, 5.74) is -0.652. The lowest BCUT2D eigenvalue weighted by Crippen LogP contribution is -2.46. The van der Waals surface area contributed by atoms with E-state index in [-0.39, 0.29) is 0 Å². The summed E-state index contributed by atoms with van der Waals surface area (Å²) < 4.78 is 4.78. The number of hydrogen-bond acceptors (Lipinski definition) is 4. The SMILES string of the molecule is CCOC(=O)N(C)C(C)(C)/C=N\O. The molecule has 0 aromatic rings. The molecule has 0 rings (SSSR count). The summed E-state index contributed by atoms with van der Waals surface area (Å²) in [7, 11) is 1.58. The van der Waals surface area contributed by atoms with Gasteiger partial charge in [0, 0.05) is 7.05 Å². The number of amides is 1. The van der Waals surface area contributed by atoms with Crippen LogP contribution in [0.5, 0.6) is 0 Å². The van der Waals surface area contributed by atoms with Crippen LogP contribution in [0.3, 0.4) is 0 Å². The zero-order chi connectivity index (χ0) is 10.5. The lowest BCUT2D eigenvalue weighted by molar-refractivity contribution is 0.0972. The third-order valence-corrected chi connectivity index (χ3v) is 1.78. The molecule has 1 N–H and O–H groups in total. The molecular formula is C8H16N2O3. The van der Waals surface area contributed by atoms with E-state index in [0.29, 0.717) is 6.61 Å². The van der Waals surface area contributed by atoms with Crippen LogP contribution in [0.25, 0.3) is 0 Å². The first-order valence-corrected chi connectivity index (χ1v) is 4.05. The Kier molecular flexibility index (Phi) is 4.23. The van der Waals surface area contributed by atoms with Crippen molar-refractivity contribution in [3.63, 3.8) is 0 Å². The Bertz CT molecular complexity index is 202. The zero-order valence-corrected chi connectivity index (χ0v) is 8.44. The first-order valence-electron chi connectivity index (χ1n) is 4.05. The quantitative estimate of drug-likeness (QED) is 0.412. The molecule has 0 aromatic carbocycles. The highest BCUT2D eigenvalue weighted by atomic mass is 16.6. The predicted molar refractivity (Wildman–Crippen MR) is 49.1 cm³/mol. The average molecular weight is 188 g/mol. The summed E-state index contributed by atoms with van der Waals surface area (Å²) in [6.07, 6.45) is 0.830. The minimum atomic E-state index is -0.652. The van der Waals surface area contributed by atoms with Gasteiger partial charge in [0.15, 0.2) is 0 Å². The first kappa shape index (κ1) is 11.7. The van der Waals surface area contributed by atoms with Gasteiger partial charge in [0.05, 0.1) is 18.4 Å². The van der Waals surface area contributed by atoms with E-state index < -0.39 is 11.6 Å². The predicted octanol–water partition coefficient (Wildman–Crippen LogP) is 1.31. The number of hydrogen-bond donors (Lipinski definition) is 1. The van der Waals surface area contributed by atoms with Crippen molar-refractivity contribution in [2.24, 2.45) is 5.16 Å². The van der Waals surface area contributed by atoms with Gasteiger partial charge >= 0.3 is 6.09 Å². The summed E-state index contributed by atoms with van der Waals surface area (Å²) in [5.74, 6) is 0. The van der Waals surface area contributed by atoms with Crippen molar-refractivity contribution in [3.05, 3.63) is 0 Å². The van der Waals surface area contributed by atoms with Crippen molar-refractivity contribution < 1.29 is 14.7 Å². The highest BCUT2D eigenvalue weighted by molar-refractivity contribution is 5.77. The first-order chi connectivity index (χ1) is 5.95. The molecule has 0 bridgehead atoms. The van der Waals surface area contributed by atoms with Crippen molar-refractivity contribution in [3.8, 4) is 0 Å². The van der Waals surface area contributed by atoms with E-state index in [1.54, 1.807) is 27.8 Å². The number of rotatable bonds is 3. The van der Waals surface area contributed by atoms with Crippen LogP contribution in [-0.4, -0.2) is 41.6 Å². The summed E-state index contributed by atoms with van der Waals surface area (Å²) in [5, 5.41) is 11.2. The molecule has 0 saturated heterocycles. The van der Waals surface area contributed by atoms with Gasteiger partial charge < -0.3 is 14.8 Å². The highest BCUT2D eigenvalue weighted by Crippen LogP contribution is 2.10. The lowest BCUT2D eigenvalue weighted by Gasteiger charge is -2.30. The smallest absolute Gasteiger partial charge is 0.410 e. The van der Waals surface area contributed by atoms with Crippen LogP contribution in [-0.2, 0) is 4.74 Å². The number of carbonyl (C=O) groups excluding carboxylic acids is 1. The molecule has 76 valence electrons. The van der Waals surface area contributed by atoms with E-state index in [4.69, 9.17) is 9.94 Å². The number of ether oxygens (including phenoxy) is 1. The maximum atomic E-state index is 11.2. The van der Waals surface area contributed by atoms with E-state index in [9.17, 15) is 4.79 Å². The summed E-state index contributed by atoms with van der Waals surface area (Å²) in [4.78, 5) is 12.6. The summed E-state index contributed by atoms with van der Waals surface area (Å²) in [6, 6.07) is 0. The number of carbonyl (C=O) groups is 1. The van der Waals surface area contributed by atoms with Crippen molar-refractivity contribution >= 4 is 12.3 Å². The van der Waals surface area contributed by atoms with E-state index in [2.05, 4.69) is 5.16 Å². The van der Waals surface area contributed by atoms with Crippen molar-refractivity contribution in [2.75, 3.05) is 13.7 Å². The van der Waals surface area contributed by atoms with Gasteiger partial charge in [-0.1, -0.05) is 5.16 Å². The van der Waals surface area contributed by atoms with E-state index in [1.807, 2.05) is 0 Å². The Hall–Kier alpha value is -1.26. The Labute approximate surface area is 78.0 Å². The van der Waals surface area contributed by atoms with Gasteiger partial charge in [-0.2, -0.15) is 0 Å². The second-order valence-corrected chi connectivity index (χ2v) is 3.16. The maximum absolute atomic E-state index is 11.2. The van der Waals surface area contributed by atoms with Gasteiger partial charge in [-0.3, -0.25) is 0 Å². The van der Waals surface area contributed by atoms with Gasteiger partial charge in [0.1, 0.15) is 0 Å². The third kappa shape index (κ3) is 3.31. The fraction of sp³-hybridized carbons (Fsp3) is 0.750. The number of nitrogens with zero attached hydrogens (tertiary/aromatic N) is 2. The summed E-state index contributed by atoms with van der Waals surface area (Å²) >= 11 is 0. The molecule has 0 spiro atoms. The molecule has 0 aliphatic heterocycles. The molecule has 0 aliphatic carbocycles. The largest absolute Gasteiger partial charge is 0.450 e. The second kappa shape index (κ2) is 4.69. The van der Waals surface area contributed by atoms with Crippen LogP contribution >= 0.6 is 0 Å². The van der Waals surface area contributed by atoms with Crippen LogP contribution in [0.4, 0.5) is 4.79 Å². The topological polar surface area (TPSA) is 62.1 Å². The van der Waals surface area contributed by atoms with Gasteiger partial charge in [-0.25, -0.2) is 4.79 Å². The van der Waals surface area contributed by atoms with Crippen LogP contribution in [0, 0.1) is 0 Å². The molecule has 0 fully saturated rings. The van der Waals surface area contributed by atoms with Crippen LogP contribution in [0.1, 0.15) is 20.8 Å². The lowest BCUT2D eigenvalue weighted by atomic mass is 10.1. The van der Waals surface area contributed by atoms with Crippen LogP contribution in [0.2, 0.25) is 0 Å². The molecule has 0 heterocycles. The van der Waals surface area contributed by atoms with Crippen molar-refractivity contribution in [1.82, 2.24) is 4.90 Å². The van der Waals surface area contributed by atoms with Gasteiger partial charge in [0.2, 0.25) is 0 Å². The molecule has 0 radical (unpaired) electrons. The second-order valence-electron chi connectivity index (χ2n) is 3.16. The number of oxime groups is 1. The average Bonchev–Trinajstić information content (AvgIpc) is 2.03. The summed E-state index contributed by atoms with van der Waals surface area (Å²) in [6.45, 7) is 5.54. The zero-order valence-electron chi connectivity index (χ0n) is 8.44. The maximum Gasteiger partial charge on any atom is 0.410 e. The normalized spacial score (nSPS) is 11.7. The fourth-order valence-corrected chi connectivity index (χ4v) is 0.683. The molecular weight excluding hydrogens is 172 g/mol. The van der Waals surface area contributed by atoms with Gasteiger partial charge in [-0.05, 0) is 20.8 Å². The molecule has 13 heavy (non-hydrogen) atoms. The van der Waals surface area contributed by atoms with Gasteiger partial charge in [0.25, 0.3) is 0 Å². The molecule has 1 amide bonds. The van der Waals surface area contributed by atoms with Crippen LogP contribution in [0.15, 0.2) is 5.16 Å². The Morgan fingerprint density at radius 1 is 1.69 bits per heavy atom. The molecule has 0 aliphatic rings. The van der Waals surface area contributed by atoms with E-state index in [0.717, 1.165) is 0 Å². The Balaban J connectivity index is 4.38. The van der Waals surface area contributed by atoms with E-state index in [1.165, 1.54) is 11.1 Å². The Morgan fingerprint density at radius 2 is 2.23 bits per heavy atom. The van der Waals surface area contributed by atoms with Crippen molar-refractivity contribution in [2.45, 2.75) is 26.3 Å². The standard InChI is InChI=1S/C8H16N2O3/c1-5-13-7(11)10(4)8(2,3)6-9-12/h6,12H,5H2,1-4H3/b9-6-. The molecule has 0 saturated carbocycles. The third-order valence-electron chi connectivity index (χ3n) is 1.78. The van der Waals surface area contributed by atoms with Gasteiger partial charge in [-0.15, -0.1) is 0 Å². The van der Waals surface area contributed by atoms with Crippen LogP contribution < -0.4 is 0 Å². The fourth-order valence-electron chi connectivity index (χ4n) is 0.683. The molecule has 5 nitrogen and oxygen atoms in total. The minimum Gasteiger partial charge on any atom is -0.450 e. The van der Waals surface area contributed by atoms with Crippen molar-refractivity contribution in [1.29, 1.82) is 0 Å². The monoisotopic (exact) mass is 188 g/mol. The molecule has 0 atom stereocenters.